The monoisotopic (exact) mass is 254 g/mol. The van der Waals surface area contributed by atoms with E-state index in [-0.39, 0.29) is 0 Å². The van der Waals surface area contributed by atoms with Gasteiger partial charge in [-0.1, -0.05) is 13.8 Å². The molecule has 2 nitrogen and oxygen atoms in total. The molecule has 1 saturated carbocycles. The topological polar surface area (TPSA) is 24.9 Å². The third-order valence-corrected chi connectivity index (χ3v) is 3.89. The zero-order chi connectivity index (χ0) is 10.1. The van der Waals surface area contributed by atoms with Crippen LogP contribution in [0.4, 0.5) is 5.69 Å². The fourth-order valence-corrected chi connectivity index (χ4v) is 2.28. The van der Waals surface area contributed by atoms with Gasteiger partial charge in [-0.15, -0.1) is 0 Å². The number of nitrogens with zero attached hydrogens (tertiary/aromatic N) is 1. The molecule has 0 aromatic carbocycles. The van der Waals surface area contributed by atoms with Crippen molar-refractivity contribution in [2.75, 3.05) is 5.32 Å². The Balaban J connectivity index is 2.02. The maximum atomic E-state index is 4.19. The van der Waals surface area contributed by atoms with Gasteiger partial charge in [0.15, 0.2) is 0 Å². The van der Waals surface area contributed by atoms with Crippen molar-refractivity contribution in [2.24, 2.45) is 11.8 Å². The molecule has 1 N–H and O–H groups in total. The predicted molar refractivity (Wildman–Crippen MR) is 62.3 cm³/mol. The Morgan fingerprint density at radius 1 is 1.50 bits per heavy atom. The van der Waals surface area contributed by atoms with Crippen LogP contribution in [-0.4, -0.2) is 11.0 Å². The normalized spacial score (nSPS) is 30.9. The lowest BCUT2D eigenvalue weighted by Gasteiger charge is -2.41. The molecule has 1 fully saturated rings. The van der Waals surface area contributed by atoms with Gasteiger partial charge in [-0.2, -0.15) is 0 Å². The summed E-state index contributed by atoms with van der Waals surface area (Å²) in [5.74, 6) is 1.62. The smallest absolute Gasteiger partial charge is 0.129 e. The molecule has 2 rings (SSSR count). The third kappa shape index (κ3) is 1.78. The van der Waals surface area contributed by atoms with E-state index in [2.05, 4.69) is 46.1 Å². The number of hydrogen-bond donors (Lipinski definition) is 1. The lowest BCUT2D eigenvalue weighted by molar-refractivity contribution is 0.189. The lowest BCUT2D eigenvalue weighted by atomic mass is 9.71. The average Bonchev–Trinajstić information content (AvgIpc) is 2.20. The molecule has 1 aliphatic rings. The largest absolute Gasteiger partial charge is 0.380 e. The first-order valence-corrected chi connectivity index (χ1v) is 5.85. The zero-order valence-electron chi connectivity index (χ0n) is 8.50. The van der Waals surface area contributed by atoms with Gasteiger partial charge in [0.25, 0.3) is 0 Å². The molecular formula is C11H15BrN2. The third-order valence-electron chi connectivity index (χ3n) is 3.26. The molecule has 0 aliphatic heterocycles. The standard InChI is InChI=1S/C11H15BrN2/c1-7-6-10(8(7)2)14-9-4-3-5-13-11(9)12/h3-5,7-8,10,14H,6H2,1-2H3. The summed E-state index contributed by atoms with van der Waals surface area (Å²) >= 11 is 3.44. The van der Waals surface area contributed by atoms with Crippen LogP contribution >= 0.6 is 15.9 Å². The second-order valence-corrected chi connectivity index (χ2v) is 4.92. The summed E-state index contributed by atoms with van der Waals surface area (Å²) in [5.41, 5.74) is 1.11. The van der Waals surface area contributed by atoms with Crippen LogP contribution < -0.4 is 5.32 Å². The molecule has 3 heteroatoms. The van der Waals surface area contributed by atoms with E-state index in [1.807, 2.05) is 6.07 Å². The van der Waals surface area contributed by atoms with Gasteiger partial charge in [0.2, 0.25) is 0 Å². The van der Waals surface area contributed by atoms with Crippen molar-refractivity contribution in [3.05, 3.63) is 22.9 Å². The first-order valence-electron chi connectivity index (χ1n) is 5.05. The Labute approximate surface area is 93.3 Å². The van der Waals surface area contributed by atoms with Gasteiger partial charge in [0, 0.05) is 12.2 Å². The fourth-order valence-electron chi connectivity index (χ4n) is 1.91. The van der Waals surface area contributed by atoms with Crippen molar-refractivity contribution < 1.29 is 0 Å². The number of anilines is 1. The van der Waals surface area contributed by atoms with Gasteiger partial charge in [-0.3, -0.25) is 0 Å². The first kappa shape index (κ1) is 9.97. The second-order valence-electron chi connectivity index (χ2n) is 4.16. The molecule has 14 heavy (non-hydrogen) atoms. The van der Waals surface area contributed by atoms with Crippen molar-refractivity contribution in [3.8, 4) is 0 Å². The Hall–Kier alpha value is -0.570. The summed E-state index contributed by atoms with van der Waals surface area (Å²) in [4.78, 5) is 4.19. The predicted octanol–water partition coefficient (Wildman–Crippen LogP) is 3.30. The number of pyridine rings is 1. The van der Waals surface area contributed by atoms with Crippen LogP contribution in [0.25, 0.3) is 0 Å². The van der Waals surface area contributed by atoms with Crippen LogP contribution in [-0.2, 0) is 0 Å². The van der Waals surface area contributed by atoms with Crippen molar-refractivity contribution in [3.63, 3.8) is 0 Å². The van der Waals surface area contributed by atoms with Crippen molar-refractivity contribution in [1.29, 1.82) is 0 Å². The first-order chi connectivity index (χ1) is 6.68. The number of nitrogens with one attached hydrogen (secondary N) is 1. The highest BCUT2D eigenvalue weighted by Gasteiger charge is 2.34. The highest BCUT2D eigenvalue weighted by molar-refractivity contribution is 9.10. The Morgan fingerprint density at radius 3 is 2.86 bits per heavy atom. The van der Waals surface area contributed by atoms with E-state index < -0.39 is 0 Å². The van der Waals surface area contributed by atoms with Gasteiger partial charge in [0.05, 0.1) is 5.69 Å². The Kier molecular flexibility index (Phi) is 2.77. The fraction of sp³-hybridized carbons (Fsp3) is 0.545. The molecule has 3 atom stereocenters. The minimum Gasteiger partial charge on any atom is -0.380 e. The molecule has 1 aromatic heterocycles. The van der Waals surface area contributed by atoms with Gasteiger partial charge in [-0.05, 0) is 46.3 Å². The second kappa shape index (κ2) is 3.89. The SMILES string of the molecule is CC1CC(Nc2cccnc2Br)C1C. The van der Waals surface area contributed by atoms with E-state index in [0.717, 1.165) is 22.1 Å². The molecule has 1 aliphatic carbocycles. The Bertz CT molecular complexity index is 327. The Morgan fingerprint density at radius 2 is 2.29 bits per heavy atom. The van der Waals surface area contributed by atoms with E-state index >= 15 is 0 Å². The van der Waals surface area contributed by atoms with Gasteiger partial charge < -0.3 is 5.32 Å². The molecule has 1 aromatic rings. The summed E-state index contributed by atoms with van der Waals surface area (Å²) in [5, 5.41) is 3.52. The molecule has 3 unspecified atom stereocenters. The lowest BCUT2D eigenvalue weighted by Crippen LogP contribution is -2.43. The van der Waals surface area contributed by atoms with Crippen molar-refractivity contribution in [1.82, 2.24) is 4.98 Å². The van der Waals surface area contributed by atoms with Gasteiger partial charge in [-0.25, -0.2) is 4.98 Å². The summed E-state index contributed by atoms with van der Waals surface area (Å²) in [6, 6.07) is 4.64. The van der Waals surface area contributed by atoms with E-state index in [4.69, 9.17) is 0 Å². The summed E-state index contributed by atoms with van der Waals surface area (Å²) in [6.07, 6.45) is 3.06. The van der Waals surface area contributed by atoms with E-state index in [0.29, 0.717) is 6.04 Å². The van der Waals surface area contributed by atoms with Crippen LogP contribution in [0.2, 0.25) is 0 Å². The minimum absolute atomic E-state index is 0.616. The molecule has 0 saturated heterocycles. The zero-order valence-corrected chi connectivity index (χ0v) is 10.1. The van der Waals surface area contributed by atoms with E-state index in [9.17, 15) is 0 Å². The highest BCUT2D eigenvalue weighted by atomic mass is 79.9. The summed E-state index contributed by atoms with van der Waals surface area (Å²) < 4.78 is 0.909. The number of halogens is 1. The molecule has 0 radical (unpaired) electrons. The molecule has 1 heterocycles. The highest BCUT2D eigenvalue weighted by Crippen LogP contribution is 2.36. The maximum Gasteiger partial charge on any atom is 0.129 e. The van der Waals surface area contributed by atoms with Crippen LogP contribution in [0, 0.1) is 11.8 Å². The van der Waals surface area contributed by atoms with E-state index in [1.54, 1.807) is 6.20 Å². The van der Waals surface area contributed by atoms with Crippen LogP contribution in [0.15, 0.2) is 22.9 Å². The van der Waals surface area contributed by atoms with Crippen LogP contribution in [0.1, 0.15) is 20.3 Å². The van der Waals surface area contributed by atoms with Gasteiger partial charge in [0.1, 0.15) is 4.60 Å². The van der Waals surface area contributed by atoms with E-state index in [1.165, 1.54) is 6.42 Å². The number of rotatable bonds is 2. The molecule has 0 bridgehead atoms. The van der Waals surface area contributed by atoms with Crippen LogP contribution in [0.3, 0.4) is 0 Å². The average molecular weight is 255 g/mol. The number of hydrogen-bond acceptors (Lipinski definition) is 2. The minimum atomic E-state index is 0.616. The van der Waals surface area contributed by atoms with Crippen LogP contribution in [0.5, 0.6) is 0 Å². The summed E-state index contributed by atoms with van der Waals surface area (Å²) in [7, 11) is 0. The maximum absolute atomic E-state index is 4.19. The summed E-state index contributed by atoms with van der Waals surface area (Å²) in [6.45, 7) is 4.61. The van der Waals surface area contributed by atoms with Crippen molar-refractivity contribution >= 4 is 21.6 Å². The molecular weight excluding hydrogens is 240 g/mol. The van der Waals surface area contributed by atoms with Gasteiger partial charge >= 0.3 is 0 Å². The molecule has 0 amide bonds. The number of aromatic nitrogens is 1. The van der Waals surface area contributed by atoms with Crippen molar-refractivity contribution in [2.45, 2.75) is 26.3 Å². The molecule has 76 valence electrons. The molecule has 0 spiro atoms. The quantitative estimate of drug-likeness (QED) is 0.820.